The van der Waals surface area contributed by atoms with Crippen LogP contribution in [0.5, 0.6) is 0 Å². The molecule has 0 aliphatic heterocycles. The van der Waals surface area contributed by atoms with Gasteiger partial charge in [0.2, 0.25) is 10.0 Å². The first-order valence-corrected chi connectivity index (χ1v) is 6.90. The second-order valence-corrected chi connectivity index (χ2v) is 5.72. The molecule has 19 heavy (non-hydrogen) atoms. The van der Waals surface area contributed by atoms with Gasteiger partial charge in [-0.2, -0.15) is 5.10 Å². The molecule has 0 aliphatic carbocycles. The Labute approximate surface area is 110 Å². The minimum atomic E-state index is -3.79. The average Bonchev–Trinajstić information content (AvgIpc) is 2.72. The Bertz CT molecular complexity index is 696. The standard InChI is InChI=1S/C11H13FN4O2S/c1-16-5-4-9(15-16)7-14-19(17,18)11-3-2-8(12)6-10(11)13/h2-6,14H,7,13H2,1H3. The van der Waals surface area contributed by atoms with E-state index in [1.54, 1.807) is 24.0 Å². The lowest BCUT2D eigenvalue weighted by atomic mass is 10.3. The minimum absolute atomic E-state index is 0.0417. The number of benzene rings is 1. The number of halogens is 1. The zero-order valence-electron chi connectivity index (χ0n) is 10.2. The Balaban J connectivity index is 2.18. The Morgan fingerprint density at radius 1 is 1.42 bits per heavy atom. The van der Waals surface area contributed by atoms with Crippen LogP contribution in [0.3, 0.4) is 0 Å². The van der Waals surface area contributed by atoms with Crippen LogP contribution in [0.1, 0.15) is 5.69 Å². The fraction of sp³-hybridized carbons (Fsp3) is 0.182. The van der Waals surface area contributed by atoms with Crippen LogP contribution in [0.4, 0.5) is 10.1 Å². The highest BCUT2D eigenvalue weighted by Crippen LogP contribution is 2.19. The van der Waals surface area contributed by atoms with Crippen LogP contribution >= 0.6 is 0 Å². The largest absolute Gasteiger partial charge is 0.398 e. The van der Waals surface area contributed by atoms with Gasteiger partial charge in [-0.05, 0) is 24.3 Å². The maximum atomic E-state index is 12.9. The fourth-order valence-corrected chi connectivity index (χ4v) is 2.68. The quantitative estimate of drug-likeness (QED) is 0.805. The lowest BCUT2D eigenvalue weighted by Gasteiger charge is -2.08. The van der Waals surface area contributed by atoms with Gasteiger partial charge in [-0.25, -0.2) is 17.5 Å². The van der Waals surface area contributed by atoms with E-state index in [0.717, 1.165) is 18.2 Å². The van der Waals surface area contributed by atoms with Crippen molar-refractivity contribution < 1.29 is 12.8 Å². The number of nitrogens with one attached hydrogen (secondary N) is 1. The van der Waals surface area contributed by atoms with E-state index in [9.17, 15) is 12.8 Å². The molecular formula is C11H13FN4O2S. The van der Waals surface area contributed by atoms with Crippen molar-refractivity contribution in [3.8, 4) is 0 Å². The number of sulfonamides is 1. The van der Waals surface area contributed by atoms with Gasteiger partial charge in [-0.15, -0.1) is 0 Å². The first kappa shape index (κ1) is 13.5. The summed E-state index contributed by atoms with van der Waals surface area (Å²) in [6, 6.07) is 4.84. The highest BCUT2D eigenvalue weighted by molar-refractivity contribution is 7.89. The van der Waals surface area contributed by atoms with Crippen LogP contribution < -0.4 is 10.5 Å². The summed E-state index contributed by atoms with van der Waals surface area (Å²) < 4.78 is 40.8. The van der Waals surface area contributed by atoms with E-state index in [-0.39, 0.29) is 17.1 Å². The average molecular weight is 284 g/mol. The molecular weight excluding hydrogens is 271 g/mol. The van der Waals surface area contributed by atoms with E-state index >= 15 is 0 Å². The molecule has 1 heterocycles. The van der Waals surface area contributed by atoms with Gasteiger partial charge in [0.25, 0.3) is 0 Å². The van der Waals surface area contributed by atoms with Crippen molar-refractivity contribution in [1.29, 1.82) is 0 Å². The SMILES string of the molecule is Cn1ccc(CNS(=O)(=O)c2ccc(F)cc2N)n1. The third kappa shape index (κ3) is 3.09. The molecule has 0 spiro atoms. The molecule has 2 rings (SSSR count). The maximum Gasteiger partial charge on any atom is 0.242 e. The number of nitrogens with two attached hydrogens (primary N) is 1. The molecule has 8 heteroatoms. The van der Waals surface area contributed by atoms with E-state index in [4.69, 9.17) is 5.73 Å². The van der Waals surface area contributed by atoms with Crippen molar-refractivity contribution in [1.82, 2.24) is 14.5 Å². The first-order valence-electron chi connectivity index (χ1n) is 5.42. The van der Waals surface area contributed by atoms with Gasteiger partial charge >= 0.3 is 0 Å². The lowest BCUT2D eigenvalue weighted by molar-refractivity contribution is 0.579. The predicted molar refractivity (Wildman–Crippen MR) is 68.0 cm³/mol. The number of hydrogen-bond donors (Lipinski definition) is 2. The lowest BCUT2D eigenvalue weighted by Crippen LogP contribution is -2.24. The van der Waals surface area contributed by atoms with E-state index in [1.165, 1.54) is 0 Å². The minimum Gasteiger partial charge on any atom is -0.398 e. The third-order valence-corrected chi connectivity index (χ3v) is 3.95. The van der Waals surface area contributed by atoms with Crippen molar-refractivity contribution in [2.75, 3.05) is 5.73 Å². The molecule has 3 N–H and O–H groups in total. The van der Waals surface area contributed by atoms with Crippen LogP contribution in [0.2, 0.25) is 0 Å². The number of nitrogen functional groups attached to an aromatic ring is 1. The molecule has 1 aromatic heterocycles. The molecule has 0 atom stereocenters. The summed E-state index contributed by atoms with van der Waals surface area (Å²) in [6.07, 6.45) is 1.70. The molecule has 0 bridgehead atoms. The molecule has 0 saturated heterocycles. The second-order valence-electron chi connectivity index (χ2n) is 3.99. The van der Waals surface area contributed by atoms with Gasteiger partial charge in [0.15, 0.2) is 0 Å². The normalized spacial score (nSPS) is 11.7. The van der Waals surface area contributed by atoms with E-state index in [0.29, 0.717) is 5.69 Å². The van der Waals surface area contributed by atoms with E-state index in [1.807, 2.05) is 0 Å². The van der Waals surface area contributed by atoms with Crippen molar-refractivity contribution in [3.05, 3.63) is 42.0 Å². The number of aryl methyl sites for hydroxylation is 1. The molecule has 0 radical (unpaired) electrons. The maximum absolute atomic E-state index is 12.9. The highest BCUT2D eigenvalue weighted by atomic mass is 32.2. The number of aromatic nitrogens is 2. The van der Waals surface area contributed by atoms with Crippen LogP contribution in [0.25, 0.3) is 0 Å². The summed E-state index contributed by atoms with van der Waals surface area (Å²) in [4.78, 5) is -0.148. The zero-order chi connectivity index (χ0) is 14.0. The van der Waals surface area contributed by atoms with E-state index in [2.05, 4.69) is 9.82 Å². The molecule has 0 saturated carbocycles. The van der Waals surface area contributed by atoms with Crippen molar-refractivity contribution in [2.45, 2.75) is 11.4 Å². The van der Waals surface area contributed by atoms with Gasteiger partial charge in [0.1, 0.15) is 10.7 Å². The summed E-state index contributed by atoms with van der Waals surface area (Å²) >= 11 is 0. The molecule has 0 fully saturated rings. The number of nitrogens with zero attached hydrogens (tertiary/aromatic N) is 2. The van der Waals surface area contributed by atoms with Crippen LogP contribution in [-0.2, 0) is 23.6 Å². The third-order valence-electron chi connectivity index (χ3n) is 2.47. The summed E-state index contributed by atoms with van der Waals surface area (Å²) in [5, 5.41) is 4.04. The Hall–Kier alpha value is -1.93. The number of hydrogen-bond acceptors (Lipinski definition) is 4. The fourth-order valence-electron chi connectivity index (χ4n) is 1.57. The molecule has 102 valence electrons. The molecule has 6 nitrogen and oxygen atoms in total. The molecule has 0 aliphatic rings. The molecule has 0 unspecified atom stereocenters. The smallest absolute Gasteiger partial charge is 0.242 e. The van der Waals surface area contributed by atoms with Gasteiger partial charge in [0.05, 0.1) is 17.9 Å². The molecule has 2 aromatic rings. The Kier molecular flexibility index (Phi) is 3.54. The molecule has 0 amide bonds. The van der Waals surface area contributed by atoms with Crippen LogP contribution in [0.15, 0.2) is 35.4 Å². The summed E-state index contributed by atoms with van der Waals surface area (Å²) in [5.41, 5.74) is 5.95. The monoisotopic (exact) mass is 284 g/mol. The highest BCUT2D eigenvalue weighted by Gasteiger charge is 2.17. The number of rotatable bonds is 4. The van der Waals surface area contributed by atoms with Crippen LogP contribution in [-0.4, -0.2) is 18.2 Å². The van der Waals surface area contributed by atoms with Gasteiger partial charge in [-0.1, -0.05) is 0 Å². The summed E-state index contributed by atoms with van der Waals surface area (Å²) in [7, 11) is -2.06. The van der Waals surface area contributed by atoms with Crippen molar-refractivity contribution in [2.24, 2.45) is 7.05 Å². The predicted octanol–water partition coefficient (Wildman–Crippen LogP) is 0.620. The second kappa shape index (κ2) is 4.98. The van der Waals surface area contributed by atoms with Crippen molar-refractivity contribution >= 4 is 15.7 Å². The summed E-state index contributed by atoms with van der Waals surface area (Å²) in [6.45, 7) is 0.0417. The Morgan fingerprint density at radius 2 is 2.16 bits per heavy atom. The molecule has 1 aromatic carbocycles. The van der Waals surface area contributed by atoms with Crippen LogP contribution in [0, 0.1) is 5.82 Å². The summed E-state index contributed by atoms with van der Waals surface area (Å²) in [5.74, 6) is -0.582. The topological polar surface area (TPSA) is 90.0 Å². The van der Waals surface area contributed by atoms with Gasteiger partial charge in [0, 0.05) is 13.2 Å². The van der Waals surface area contributed by atoms with Gasteiger partial charge < -0.3 is 5.73 Å². The Morgan fingerprint density at radius 3 is 2.74 bits per heavy atom. The first-order chi connectivity index (χ1) is 8.88. The van der Waals surface area contributed by atoms with Gasteiger partial charge in [-0.3, -0.25) is 4.68 Å². The van der Waals surface area contributed by atoms with E-state index < -0.39 is 15.8 Å². The van der Waals surface area contributed by atoms with Crippen molar-refractivity contribution in [3.63, 3.8) is 0 Å². The zero-order valence-corrected chi connectivity index (χ0v) is 11.0. The number of anilines is 1.